The highest BCUT2D eigenvalue weighted by molar-refractivity contribution is 7.09. The lowest BCUT2D eigenvalue weighted by Gasteiger charge is -2.32. The molecule has 3 rings (SSSR count). The van der Waals surface area contributed by atoms with Crippen LogP contribution in [0.25, 0.3) is 0 Å². The summed E-state index contributed by atoms with van der Waals surface area (Å²) >= 11 is 1.44. The number of aliphatic hydroxyl groups is 1. The predicted octanol–water partition coefficient (Wildman–Crippen LogP) is 3.40. The molecule has 0 bridgehead atoms. The summed E-state index contributed by atoms with van der Waals surface area (Å²) in [5.41, 5.74) is 2.35. The van der Waals surface area contributed by atoms with Gasteiger partial charge in [0.15, 0.2) is 5.60 Å². The van der Waals surface area contributed by atoms with Crippen molar-refractivity contribution >= 4 is 23.9 Å². The maximum absolute atomic E-state index is 11.0. The monoisotopic (exact) mass is 383 g/mol. The van der Waals surface area contributed by atoms with Crippen molar-refractivity contribution in [2.45, 2.75) is 64.8 Å². The standard InChI is InChI=1S/C21H26BNO3S/c1-7-21(24,18-15(2)23-14-27-18)12-11-16-9-8-10-17(13-16)22-25-19(3,4)20(5,6)26-22/h8-10,13-14,24H,7H2,1-6H3/t21-/m0/s1. The number of thiazole rings is 1. The van der Waals surface area contributed by atoms with Crippen LogP contribution in [-0.2, 0) is 14.9 Å². The molecule has 0 unspecified atom stereocenters. The second-order valence-electron chi connectivity index (χ2n) is 7.94. The quantitative estimate of drug-likeness (QED) is 0.652. The van der Waals surface area contributed by atoms with Crippen LogP contribution in [0.3, 0.4) is 0 Å². The van der Waals surface area contributed by atoms with Gasteiger partial charge in [0.2, 0.25) is 0 Å². The molecule has 0 saturated carbocycles. The molecule has 1 saturated heterocycles. The lowest BCUT2D eigenvalue weighted by Crippen LogP contribution is -2.41. The summed E-state index contributed by atoms with van der Waals surface area (Å²) in [6.45, 7) is 12.0. The van der Waals surface area contributed by atoms with E-state index in [2.05, 4.69) is 16.8 Å². The third-order valence-electron chi connectivity index (χ3n) is 5.46. The number of hydrogen-bond acceptors (Lipinski definition) is 5. The maximum Gasteiger partial charge on any atom is 0.494 e. The van der Waals surface area contributed by atoms with E-state index in [9.17, 15) is 5.11 Å². The van der Waals surface area contributed by atoms with E-state index in [-0.39, 0.29) is 11.2 Å². The van der Waals surface area contributed by atoms with Crippen molar-refractivity contribution in [2.24, 2.45) is 0 Å². The van der Waals surface area contributed by atoms with Gasteiger partial charge in [0.1, 0.15) is 0 Å². The van der Waals surface area contributed by atoms with E-state index in [1.807, 2.05) is 65.8 Å². The summed E-state index contributed by atoms with van der Waals surface area (Å²) in [5.74, 6) is 6.17. The van der Waals surface area contributed by atoms with E-state index >= 15 is 0 Å². The van der Waals surface area contributed by atoms with E-state index in [0.29, 0.717) is 6.42 Å². The zero-order valence-electron chi connectivity index (χ0n) is 16.8. The Morgan fingerprint density at radius 2 is 1.89 bits per heavy atom. The Morgan fingerprint density at radius 3 is 2.44 bits per heavy atom. The molecule has 2 aromatic rings. The second-order valence-corrected chi connectivity index (χ2v) is 8.80. The SMILES string of the molecule is CC[C@](O)(C#Cc1cccc(B2OC(C)(C)C(C)(C)O2)c1)c1scnc1C. The van der Waals surface area contributed by atoms with Crippen molar-refractivity contribution in [3.05, 3.63) is 45.9 Å². The van der Waals surface area contributed by atoms with E-state index in [4.69, 9.17) is 9.31 Å². The molecule has 4 nitrogen and oxygen atoms in total. The van der Waals surface area contributed by atoms with E-state index in [1.165, 1.54) is 11.3 Å². The average Bonchev–Trinajstić information content (AvgIpc) is 3.14. The van der Waals surface area contributed by atoms with E-state index in [1.54, 1.807) is 5.51 Å². The largest absolute Gasteiger partial charge is 0.494 e. The van der Waals surface area contributed by atoms with Gasteiger partial charge in [-0.25, -0.2) is 4.98 Å². The molecule has 1 N–H and O–H groups in total. The predicted molar refractivity (Wildman–Crippen MR) is 110 cm³/mol. The van der Waals surface area contributed by atoms with Gasteiger partial charge in [-0.15, -0.1) is 11.3 Å². The van der Waals surface area contributed by atoms with Gasteiger partial charge in [-0.05, 0) is 58.6 Å². The summed E-state index contributed by atoms with van der Waals surface area (Å²) in [6, 6.07) is 7.81. The summed E-state index contributed by atoms with van der Waals surface area (Å²) in [5, 5.41) is 11.0. The third kappa shape index (κ3) is 3.83. The topological polar surface area (TPSA) is 51.6 Å². The highest BCUT2D eigenvalue weighted by Gasteiger charge is 2.51. The van der Waals surface area contributed by atoms with Gasteiger partial charge in [-0.1, -0.05) is 30.9 Å². The zero-order chi connectivity index (χ0) is 19.9. The smallest absolute Gasteiger partial charge is 0.399 e. The van der Waals surface area contributed by atoms with Gasteiger partial charge in [-0.2, -0.15) is 0 Å². The summed E-state index contributed by atoms with van der Waals surface area (Å²) in [7, 11) is -0.425. The van der Waals surface area contributed by atoms with Gasteiger partial charge in [0, 0.05) is 5.56 Å². The van der Waals surface area contributed by atoms with Crippen LogP contribution in [0.2, 0.25) is 0 Å². The van der Waals surface area contributed by atoms with Crippen molar-refractivity contribution < 1.29 is 14.4 Å². The number of benzene rings is 1. The van der Waals surface area contributed by atoms with Gasteiger partial charge < -0.3 is 14.4 Å². The minimum Gasteiger partial charge on any atom is -0.399 e. The zero-order valence-corrected chi connectivity index (χ0v) is 17.6. The molecule has 0 spiro atoms. The highest BCUT2D eigenvalue weighted by atomic mass is 32.1. The van der Waals surface area contributed by atoms with Gasteiger partial charge in [0.25, 0.3) is 0 Å². The number of aryl methyl sites for hydroxylation is 1. The van der Waals surface area contributed by atoms with Gasteiger partial charge in [-0.3, -0.25) is 0 Å². The van der Waals surface area contributed by atoms with Crippen LogP contribution in [0.1, 0.15) is 57.2 Å². The molecule has 1 aromatic heterocycles. The first kappa shape index (κ1) is 20.1. The van der Waals surface area contributed by atoms with Crippen molar-refractivity contribution in [1.82, 2.24) is 4.98 Å². The first-order valence-electron chi connectivity index (χ1n) is 9.20. The average molecular weight is 383 g/mol. The van der Waals surface area contributed by atoms with Crippen molar-refractivity contribution in [2.75, 3.05) is 0 Å². The van der Waals surface area contributed by atoms with Crippen LogP contribution in [0.4, 0.5) is 0 Å². The Morgan fingerprint density at radius 1 is 1.22 bits per heavy atom. The van der Waals surface area contributed by atoms with Crippen LogP contribution in [0.5, 0.6) is 0 Å². The molecule has 0 radical (unpaired) electrons. The number of hydrogen-bond donors (Lipinski definition) is 1. The van der Waals surface area contributed by atoms with Crippen LogP contribution in [0, 0.1) is 18.8 Å². The van der Waals surface area contributed by atoms with Crippen LogP contribution < -0.4 is 5.46 Å². The second kappa shape index (κ2) is 7.07. The van der Waals surface area contributed by atoms with Crippen LogP contribution in [0.15, 0.2) is 29.8 Å². The summed E-state index contributed by atoms with van der Waals surface area (Å²) in [4.78, 5) is 5.04. The molecule has 1 atom stereocenters. The first-order chi connectivity index (χ1) is 12.6. The lowest BCUT2D eigenvalue weighted by atomic mass is 9.78. The number of aromatic nitrogens is 1. The molecule has 1 aliphatic heterocycles. The molecule has 2 heterocycles. The Balaban J connectivity index is 1.88. The van der Waals surface area contributed by atoms with E-state index < -0.39 is 12.7 Å². The molecule has 142 valence electrons. The molecule has 1 aromatic carbocycles. The Labute approximate surface area is 166 Å². The molecule has 1 fully saturated rings. The Bertz CT molecular complexity index is 880. The summed E-state index contributed by atoms with van der Waals surface area (Å²) < 4.78 is 12.2. The lowest BCUT2D eigenvalue weighted by molar-refractivity contribution is 0.00578. The fourth-order valence-corrected chi connectivity index (χ4v) is 3.85. The fourth-order valence-electron chi connectivity index (χ4n) is 2.92. The molecular weight excluding hydrogens is 357 g/mol. The van der Waals surface area contributed by atoms with Crippen molar-refractivity contribution in [1.29, 1.82) is 0 Å². The summed E-state index contributed by atoms with van der Waals surface area (Å²) in [6.07, 6.45) is 0.500. The van der Waals surface area contributed by atoms with Crippen LogP contribution >= 0.6 is 11.3 Å². The first-order valence-corrected chi connectivity index (χ1v) is 10.1. The van der Waals surface area contributed by atoms with Gasteiger partial charge >= 0.3 is 7.12 Å². The van der Waals surface area contributed by atoms with Crippen LogP contribution in [-0.4, -0.2) is 28.4 Å². The van der Waals surface area contributed by atoms with Crippen molar-refractivity contribution in [3.63, 3.8) is 0 Å². The Kier molecular flexibility index (Phi) is 5.26. The highest BCUT2D eigenvalue weighted by Crippen LogP contribution is 2.36. The molecule has 27 heavy (non-hydrogen) atoms. The van der Waals surface area contributed by atoms with Gasteiger partial charge in [0.05, 0.1) is 27.3 Å². The molecule has 0 amide bonds. The number of nitrogens with zero attached hydrogens (tertiary/aromatic N) is 1. The minimum atomic E-state index is -1.19. The Hall–Kier alpha value is -1.65. The van der Waals surface area contributed by atoms with E-state index in [0.717, 1.165) is 21.6 Å². The molecular formula is C21H26BNO3S. The normalized spacial score (nSPS) is 20.0. The van der Waals surface area contributed by atoms with Crippen molar-refractivity contribution in [3.8, 4) is 11.8 Å². The third-order valence-corrected chi connectivity index (χ3v) is 6.54. The molecule has 1 aliphatic rings. The molecule has 0 aliphatic carbocycles. The number of rotatable bonds is 3. The molecule has 6 heteroatoms. The fraction of sp³-hybridized carbons (Fsp3) is 0.476. The minimum absolute atomic E-state index is 0.383. The maximum atomic E-state index is 11.0.